The second kappa shape index (κ2) is 7.24. The zero-order valence-corrected chi connectivity index (χ0v) is 15.7. The maximum absolute atomic E-state index is 12.3. The minimum absolute atomic E-state index is 0.172. The quantitative estimate of drug-likeness (QED) is 0.822. The largest absolute Gasteiger partial charge is 0.338 e. The van der Waals surface area contributed by atoms with Gasteiger partial charge in [0, 0.05) is 38.5 Å². The Hall–Kier alpha value is -2.13. The molecule has 2 heterocycles. The topological polar surface area (TPSA) is 23.6 Å². The van der Waals surface area contributed by atoms with Crippen LogP contribution in [0.2, 0.25) is 0 Å². The standard InChI is InChI=1S/C23H28N2O/c1-19(26)25-16-22-11-6-5-10-21(22)14-23(18-25)12-7-13-24(17-23)15-20-8-3-2-4-9-20/h2-6,8-11H,7,12-18H2,1H3. The van der Waals surface area contributed by atoms with Gasteiger partial charge in [-0.3, -0.25) is 9.69 Å². The van der Waals surface area contributed by atoms with Gasteiger partial charge >= 0.3 is 0 Å². The molecule has 1 fully saturated rings. The van der Waals surface area contributed by atoms with E-state index in [9.17, 15) is 4.79 Å². The van der Waals surface area contributed by atoms with E-state index in [0.717, 1.165) is 39.1 Å². The lowest BCUT2D eigenvalue weighted by Crippen LogP contribution is -2.49. The molecular formula is C23H28N2O. The molecular weight excluding hydrogens is 320 g/mol. The first-order chi connectivity index (χ1) is 12.6. The number of carbonyl (C=O) groups excluding carboxylic acids is 1. The molecule has 0 aromatic heterocycles. The fraction of sp³-hybridized carbons (Fsp3) is 0.435. The Kier molecular flexibility index (Phi) is 4.82. The third-order valence-corrected chi connectivity index (χ3v) is 6.01. The lowest BCUT2D eigenvalue weighted by Gasteiger charge is -2.44. The predicted molar refractivity (Wildman–Crippen MR) is 105 cm³/mol. The highest BCUT2D eigenvalue weighted by atomic mass is 16.2. The van der Waals surface area contributed by atoms with Crippen LogP contribution in [0.15, 0.2) is 54.6 Å². The van der Waals surface area contributed by atoms with Crippen molar-refractivity contribution in [3.63, 3.8) is 0 Å². The third kappa shape index (κ3) is 3.68. The van der Waals surface area contributed by atoms with Crippen LogP contribution in [0.3, 0.4) is 0 Å². The first-order valence-electron chi connectivity index (χ1n) is 9.72. The summed E-state index contributed by atoms with van der Waals surface area (Å²) in [6, 6.07) is 19.4. The number of benzene rings is 2. The van der Waals surface area contributed by atoms with Crippen molar-refractivity contribution >= 4 is 5.91 Å². The summed E-state index contributed by atoms with van der Waals surface area (Å²) in [5.74, 6) is 0.196. The van der Waals surface area contributed by atoms with E-state index < -0.39 is 0 Å². The molecule has 4 rings (SSSR count). The Morgan fingerprint density at radius 3 is 2.50 bits per heavy atom. The molecule has 1 amide bonds. The predicted octanol–water partition coefficient (Wildman–Crippen LogP) is 3.87. The summed E-state index contributed by atoms with van der Waals surface area (Å²) < 4.78 is 0. The lowest BCUT2D eigenvalue weighted by atomic mass is 9.74. The fourth-order valence-electron chi connectivity index (χ4n) is 4.79. The Labute approximate surface area is 156 Å². The van der Waals surface area contributed by atoms with Crippen LogP contribution < -0.4 is 0 Å². The number of amides is 1. The maximum Gasteiger partial charge on any atom is 0.219 e. The van der Waals surface area contributed by atoms with Gasteiger partial charge in [-0.25, -0.2) is 0 Å². The van der Waals surface area contributed by atoms with Crippen LogP contribution in [0.25, 0.3) is 0 Å². The van der Waals surface area contributed by atoms with Crippen LogP contribution in [-0.4, -0.2) is 35.3 Å². The molecule has 2 aliphatic rings. The average molecular weight is 348 g/mol. The van der Waals surface area contributed by atoms with Gasteiger partial charge in [0.2, 0.25) is 5.91 Å². The summed E-state index contributed by atoms with van der Waals surface area (Å²) >= 11 is 0. The zero-order chi connectivity index (χ0) is 18.0. The molecule has 2 aromatic carbocycles. The minimum atomic E-state index is 0.172. The van der Waals surface area contributed by atoms with Gasteiger partial charge < -0.3 is 4.90 Å². The first kappa shape index (κ1) is 17.3. The summed E-state index contributed by atoms with van der Waals surface area (Å²) in [7, 11) is 0. The molecule has 2 aliphatic heterocycles. The SMILES string of the molecule is CC(=O)N1Cc2ccccc2CC2(CCCN(Cc3ccccc3)C2)C1. The molecule has 0 saturated carbocycles. The molecule has 136 valence electrons. The number of fused-ring (bicyclic) bond motifs is 1. The van der Waals surface area contributed by atoms with Crippen molar-refractivity contribution in [2.24, 2.45) is 5.41 Å². The zero-order valence-electron chi connectivity index (χ0n) is 15.7. The van der Waals surface area contributed by atoms with E-state index in [2.05, 4.69) is 64.4 Å². The molecule has 1 atom stereocenters. The Morgan fingerprint density at radius 2 is 1.73 bits per heavy atom. The van der Waals surface area contributed by atoms with Gasteiger partial charge in [-0.05, 0) is 42.5 Å². The molecule has 1 spiro atoms. The fourth-order valence-corrected chi connectivity index (χ4v) is 4.79. The van der Waals surface area contributed by atoms with Crippen molar-refractivity contribution in [3.8, 4) is 0 Å². The van der Waals surface area contributed by atoms with Gasteiger partial charge in [0.05, 0.1) is 0 Å². The highest BCUT2D eigenvalue weighted by molar-refractivity contribution is 5.73. The van der Waals surface area contributed by atoms with E-state index >= 15 is 0 Å². The van der Waals surface area contributed by atoms with Crippen LogP contribution in [-0.2, 0) is 24.3 Å². The van der Waals surface area contributed by atoms with Crippen molar-refractivity contribution in [2.45, 2.75) is 39.3 Å². The van der Waals surface area contributed by atoms with Gasteiger partial charge in [0.1, 0.15) is 0 Å². The molecule has 3 nitrogen and oxygen atoms in total. The van der Waals surface area contributed by atoms with Gasteiger partial charge in [-0.1, -0.05) is 54.6 Å². The molecule has 0 aliphatic carbocycles. The van der Waals surface area contributed by atoms with Crippen LogP contribution in [0.4, 0.5) is 0 Å². The molecule has 3 heteroatoms. The summed E-state index contributed by atoms with van der Waals surface area (Å²) in [6.45, 7) is 6.57. The van der Waals surface area contributed by atoms with Crippen molar-refractivity contribution in [1.82, 2.24) is 9.80 Å². The van der Waals surface area contributed by atoms with E-state index in [-0.39, 0.29) is 11.3 Å². The number of carbonyl (C=O) groups is 1. The van der Waals surface area contributed by atoms with Crippen molar-refractivity contribution in [3.05, 3.63) is 71.3 Å². The number of piperidine rings is 1. The normalized spacial score (nSPS) is 23.5. The van der Waals surface area contributed by atoms with E-state index in [1.165, 1.54) is 29.5 Å². The first-order valence-corrected chi connectivity index (χ1v) is 9.72. The average Bonchev–Trinajstić information content (AvgIpc) is 2.79. The molecule has 1 saturated heterocycles. The smallest absolute Gasteiger partial charge is 0.219 e. The van der Waals surface area contributed by atoms with Crippen molar-refractivity contribution < 1.29 is 4.79 Å². The molecule has 26 heavy (non-hydrogen) atoms. The maximum atomic E-state index is 12.3. The lowest BCUT2D eigenvalue weighted by molar-refractivity contribution is -0.131. The highest BCUT2D eigenvalue weighted by Gasteiger charge is 2.40. The number of hydrogen-bond donors (Lipinski definition) is 0. The summed E-state index contributed by atoms with van der Waals surface area (Å²) in [4.78, 5) is 16.9. The number of hydrogen-bond acceptors (Lipinski definition) is 2. The van der Waals surface area contributed by atoms with Crippen molar-refractivity contribution in [2.75, 3.05) is 19.6 Å². The van der Waals surface area contributed by atoms with Crippen LogP contribution in [0, 0.1) is 5.41 Å². The Morgan fingerprint density at radius 1 is 1.00 bits per heavy atom. The molecule has 0 bridgehead atoms. The van der Waals surface area contributed by atoms with E-state index in [4.69, 9.17) is 0 Å². The third-order valence-electron chi connectivity index (χ3n) is 6.01. The Balaban J connectivity index is 1.59. The van der Waals surface area contributed by atoms with Gasteiger partial charge in [-0.2, -0.15) is 0 Å². The molecule has 0 N–H and O–H groups in total. The number of rotatable bonds is 2. The number of nitrogens with zero attached hydrogens (tertiary/aromatic N) is 2. The van der Waals surface area contributed by atoms with Gasteiger partial charge in [0.15, 0.2) is 0 Å². The van der Waals surface area contributed by atoms with E-state index in [1.807, 2.05) is 0 Å². The second-order valence-electron chi connectivity index (χ2n) is 8.12. The Bertz CT molecular complexity index is 773. The summed E-state index contributed by atoms with van der Waals surface area (Å²) in [5, 5.41) is 0. The molecule has 1 unspecified atom stereocenters. The molecule has 0 radical (unpaired) electrons. The van der Waals surface area contributed by atoms with Gasteiger partial charge in [-0.15, -0.1) is 0 Å². The second-order valence-corrected chi connectivity index (χ2v) is 8.12. The number of likely N-dealkylation sites (tertiary alicyclic amines) is 1. The van der Waals surface area contributed by atoms with Crippen molar-refractivity contribution in [1.29, 1.82) is 0 Å². The monoisotopic (exact) mass is 348 g/mol. The van der Waals surface area contributed by atoms with Gasteiger partial charge in [0.25, 0.3) is 0 Å². The molecule has 2 aromatic rings. The van der Waals surface area contributed by atoms with E-state index in [0.29, 0.717) is 0 Å². The van der Waals surface area contributed by atoms with Crippen LogP contribution >= 0.6 is 0 Å². The summed E-state index contributed by atoms with van der Waals surface area (Å²) in [6.07, 6.45) is 3.50. The minimum Gasteiger partial charge on any atom is -0.338 e. The van der Waals surface area contributed by atoms with E-state index in [1.54, 1.807) is 6.92 Å². The van der Waals surface area contributed by atoms with Crippen LogP contribution in [0.1, 0.15) is 36.5 Å². The summed E-state index contributed by atoms with van der Waals surface area (Å²) in [5.41, 5.74) is 4.30. The van der Waals surface area contributed by atoms with Crippen LogP contribution in [0.5, 0.6) is 0 Å². The highest BCUT2D eigenvalue weighted by Crippen LogP contribution is 2.38.